The summed E-state index contributed by atoms with van der Waals surface area (Å²) in [5.74, 6) is 1.64. The molecule has 0 unspecified atom stereocenters. The highest BCUT2D eigenvalue weighted by molar-refractivity contribution is 5.41. The standard InChI is InChI=1S/C16H22N2O2/c1-18(7-8-20-12-13-3-4-13)11-15-9-14(10-17)5-6-16(15)19-2/h5-6,9,13H,3-4,7-8,11-12H2,1-2H3. The summed E-state index contributed by atoms with van der Waals surface area (Å²) in [6.45, 7) is 3.30. The zero-order chi connectivity index (χ0) is 14.4. The van der Waals surface area contributed by atoms with E-state index >= 15 is 0 Å². The Morgan fingerprint density at radius 1 is 1.40 bits per heavy atom. The van der Waals surface area contributed by atoms with Gasteiger partial charge >= 0.3 is 0 Å². The van der Waals surface area contributed by atoms with E-state index in [1.807, 2.05) is 12.1 Å². The summed E-state index contributed by atoms with van der Waals surface area (Å²) in [6.07, 6.45) is 2.65. The minimum absolute atomic E-state index is 0.666. The Morgan fingerprint density at radius 2 is 2.20 bits per heavy atom. The lowest BCUT2D eigenvalue weighted by Crippen LogP contribution is -2.23. The van der Waals surface area contributed by atoms with Gasteiger partial charge in [-0.05, 0) is 44.0 Å². The van der Waals surface area contributed by atoms with Gasteiger partial charge in [0.25, 0.3) is 0 Å². The Kier molecular flexibility index (Phi) is 5.40. The number of ether oxygens (including phenoxy) is 2. The fraction of sp³-hybridized carbons (Fsp3) is 0.562. The van der Waals surface area contributed by atoms with Crippen molar-refractivity contribution in [2.75, 3.05) is 33.9 Å². The molecule has 4 heteroatoms. The molecule has 0 N–H and O–H groups in total. The van der Waals surface area contributed by atoms with E-state index in [4.69, 9.17) is 14.7 Å². The molecule has 1 aromatic rings. The maximum Gasteiger partial charge on any atom is 0.123 e. The van der Waals surface area contributed by atoms with Crippen LogP contribution in [-0.2, 0) is 11.3 Å². The summed E-state index contributed by atoms with van der Waals surface area (Å²) in [7, 11) is 3.71. The van der Waals surface area contributed by atoms with E-state index in [0.717, 1.165) is 43.5 Å². The third-order valence-corrected chi connectivity index (χ3v) is 3.52. The number of hydrogen-bond acceptors (Lipinski definition) is 4. The molecule has 0 saturated heterocycles. The SMILES string of the molecule is COc1ccc(C#N)cc1CN(C)CCOCC1CC1. The molecule has 0 heterocycles. The van der Waals surface area contributed by atoms with Crippen LogP contribution >= 0.6 is 0 Å². The highest BCUT2D eigenvalue weighted by Crippen LogP contribution is 2.28. The lowest BCUT2D eigenvalue weighted by molar-refractivity contribution is 0.102. The first-order chi connectivity index (χ1) is 9.72. The van der Waals surface area contributed by atoms with Crippen molar-refractivity contribution in [3.8, 4) is 11.8 Å². The molecule has 0 aliphatic heterocycles. The summed E-state index contributed by atoms with van der Waals surface area (Å²) in [5.41, 5.74) is 1.70. The number of rotatable bonds is 8. The molecule has 0 aromatic heterocycles. The van der Waals surface area contributed by atoms with E-state index in [2.05, 4.69) is 18.0 Å². The highest BCUT2D eigenvalue weighted by atomic mass is 16.5. The zero-order valence-electron chi connectivity index (χ0n) is 12.3. The third-order valence-electron chi connectivity index (χ3n) is 3.52. The lowest BCUT2D eigenvalue weighted by atomic mass is 10.1. The molecule has 0 spiro atoms. The second-order valence-corrected chi connectivity index (χ2v) is 5.39. The highest BCUT2D eigenvalue weighted by Gasteiger charge is 2.21. The smallest absolute Gasteiger partial charge is 0.123 e. The number of benzene rings is 1. The topological polar surface area (TPSA) is 45.5 Å². The third kappa shape index (κ3) is 4.52. The summed E-state index contributed by atoms with van der Waals surface area (Å²) < 4.78 is 11.0. The molecule has 1 aliphatic carbocycles. The number of methoxy groups -OCH3 is 1. The Balaban J connectivity index is 1.82. The van der Waals surface area contributed by atoms with Gasteiger partial charge in [0.15, 0.2) is 0 Å². The molecule has 1 aromatic carbocycles. The fourth-order valence-corrected chi connectivity index (χ4v) is 2.10. The number of nitrogens with zero attached hydrogens (tertiary/aromatic N) is 2. The van der Waals surface area contributed by atoms with Gasteiger partial charge in [0, 0.05) is 25.3 Å². The average molecular weight is 274 g/mol. The van der Waals surface area contributed by atoms with E-state index in [9.17, 15) is 0 Å². The van der Waals surface area contributed by atoms with Gasteiger partial charge in [-0.1, -0.05) is 0 Å². The predicted molar refractivity (Wildman–Crippen MR) is 77.6 cm³/mol. The zero-order valence-corrected chi connectivity index (χ0v) is 12.3. The Bertz CT molecular complexity index is 478. The summed E-state index contributed by atoms with van der Waals surface area (Å²) in [4.78, 5) is 2.19. The quantitative estimate of drug-likeness (QED) is 0.683. The van der Waals surface area contributed by atoms with Crippen LogP contribution in [0.25, 0.3) is 0 Å². The molecule has 0 amide bonds. The molecule has 1 saturated carbocycles. The van der Waals surface area contributed by atoms with Gasteiger partial charge < -0.3 is 9.47 Å². The molecule has 108 valence electrons. The first kappa shape index (κ1) is 14.8. The van der Waals surface area contributed by atoms with Crippen LogP contribution in [0.2, 0.25) is 0 Å². The van der Waals surface area contributed by atoms with Gasteiger partial charge in [-0.3, -0.25) is 4.90 Å². The number of hydrogen-bond donors (Lipinski definition) is 0. The van der Waals surface area contributed by atoms with Gasteiger partial charge in [0.05, 0.1) is 25.3 Å². The normalized spacial score (nSPS) is 14.3. The van der Waals surface area contributed by atoms with Crippen LogP contribution in [0.15, 0.2) is 18.2 Å². The Morgan fingerprint density at radius 3 is 2.85 bits per heavy atom. The average Bonchev–Trinajstić information content (AvgIpc) is 3.27. The first-order valence-corrected chi connectivity index (χ1v) is 7.06. The number of nitriles is 1. The summed E-state index contributed by atoms with van der Waals surface area (Å²) in [5, 5.41) is 8.97. The second kappa shape index (κ2) is 7.28. The van der Waals surface area contributed by atoms with E-state index in [0.29, 0.717) is 5.56 Å². The molecule has 0 radical (unpaired) electrons. The van der Waals surface area contributed by atoms with Crippen molar-refractivity contribution in [1.29, 1.82) is 5.26 Å². The summed E-state index contributed by atoms with van der Waals surface area (Å²) in [6, 6.07) is 7.69. The van der Waals surface area contributed by atoms with Crippen molar-refractivity contribution in [3.05, 3.63) is 29.3 Å². The van der Waals surface area contributed by atoms with E-state index in [1.165, 1.54) is 12.8 Å². The lowest BCUT2D eigenvalue weighted by Gasteiger charge is -2.18. The van der Waals surface area contributed by atoms with E-state index in [-0.39, 0.29) is 0 Å². The molecule has 0 atom stereocenters. The van der Waals surface area contributed by atoms with Gasteiger partial charge in [0.2, 0.25) is 0 Å². The Hall–Kier alpha value is -1.57. The van der Waals surface area contributed by atoms with Crippen LogP contribution < -0.4 is 4.74 Å². The van der Waals surface area contributed by atoms with Crippen LogP contribution in [0.1, 0.15) is 24.0 Å². The van der Waals surface area contributed by atoms with Crippen molar-refractivity contribution >= 4 is 0 Å². The van der Waals surface area contributed by atoms with Crippen LogP contribution in [-0.4, -0.2) is 38.8 Å². The van der Waals surface area contributed by atoms with Crippen LogP contribution in [0, 0.1) is 17.2 Å². The van der Waals surface area contributed by atoms with E-state index < -0.39 is 0 Å². The fourth-order valence-electron chi connectivity index (χ4n) is 2.10. The largest absolute Gasteiger partial charge is 0.496 e. The molecule has 2 rings (SSSR count). The molecule has 1 fully saturated rings. The van der Waals surface area contributed by atoms with Crippen molar-refractivity contribution in [3.63, 3.8) is 0 Å². The van der Waals surface area contributed by atoms with Crippen molar-refractivity contribution in [1.82, 2.24) is 4.90 Å². The van der Waals surface area contributed by atoms with E-state index in [1.54, 1.807) is 13.2 Å². The van der Waals surface area contributed by atoms with Crippen molar-refractivity contribution in [2.24, 2.45) is 5.92 Å². The molecule has 1 aliphatic rings. The van der Waals surface area contributed by atoms with Crippen LogP contribution in [0.5, 0.6) is 5.75 Å². The van der Waals surface area contributed by atoms with Gasteiger partial charge in [-0.25, -0.2) is 0 Å². The van der Waals surface area contributed by atoms with Gasteiger partial charge in [-0.2, -0.15) is 5.26 Å². The van der Waals surface area contributed by atoms with Crippen molar-refractivity contribution in [2.45, 2.75) is 19.4 Å². The minimum atomic E-state index is 0.666. The maximum absolute atomic E-state index is 8.97. The maximum atomic E-state index is 8.97. The first-order valence-electron chi connectivity index (χ1n) is 7.06. The molecule has 0 bridgehead atoms. The van der Waals surface area contributed by atoms with Gasteiger partial charge in [-0.15, -0.1) is 0 Å². The molecule has 20 heavy (non-hydrogen) atoms. The predicted octanol–water partition coefficient (Wildman–Crippen LogP) is 2.43. The Labute approximate surface area is 120 Å². The van der Waals surface area contributed by atoms with Gasteiger partial charge in [0.1, 0.15) is 5.75 Å². The summed E-state index contributed by atoms with van der Waals surface area (Å²) >= 11 is 0. The molecule has 4 nitrogen and oxygen atoms in total. The van der Waals surface area contributed by atoms with Crippen molar-refractivity contribution < 1.29 is 9.47 Å². The van der Waals surface area contributed by atoms with Crippen LogP contribution in [0.3, 0.4) is 0 Å². The number of likely N-dealkylation sites (N-methyl/N-ethyl adjacent to an activating group) is 1. The van der Waals surface area contributed by atoms with Crippen LogP contribution in [0.4, 0.5) is 0 Å². The monoisotopic (exact) mass is 274 g/mol. The molecular formula is C16H22N2O2. The molecular weight excluding hydrogens is 252 g/mol. The second-order valence-electron chi connectivity index (χ2n) is 5.39. The minimum Gasteiger partial charge on any atom is -0.496 e.